The third kappa shape index (κ3) is 4.99. The van der Waals surface area contributed by atoms with Crippen molar-refractivity contribution in [3.8, 4) is 11.3 Å². The Morgan fingerprint density at radius 1 is 1.00 bits per heavy atom. The van der Waals surface area contributed by atoms with E-state index in [1.54, 1.807) is 11.3 Å². The van der Waals surface area contributed by atoms with Gasteiger partial charge in [-0.1, -0.05) is 75.6 Å². The summed E-state index contributed by atoms with van der Waals surface area (Å²) in [6.45, 7) is 4.51. The van der Waals surface area contributed by atoms with E-state index in [1.165, 1.54) is 17.2 Å². The summed E-state index contributed by atoms with van der Waals surface area (Å²) in [7, 11) is 0. The monoisotopic (exact) mass is 489 g/mol. The van der Waals surface area contributed by atoms with E-state index in [-0.39, 0.29) is 29.7 Å². The average Bonchev–Trinajstić information content (AvgIpc) is 3.57. The molecule has 2 amide bonds. The van der Waals surface area contributed by atoms with Gasteiger partial charge in [-0.15, -0.1) is 11.3 Å². The van der Waals surface area contributed by atoms with Crippen molar-refractivity contribution in [3.05, 3.63) is 52.9 Å². The van der Waals surface area contributed by atoms with E-state index in [9.17, 15) is 9.59 Å². The van der Waals surface area contributed by atoms with Gasteiger partial charge in [-0.3, -0.25) is 9.59 Å². The van der Waals surface area contributed by atoms with Crippen LogP contribution in [0.5, 0.6) is 0 Å². The topological polar surface area (TPSA) is 62.3 Å². The average molecular weight is 490 g/mol. The second-order valence-electron chi connectivity index (χ2n) is 10.3. The van der Waals surface area contributed by atoms with Gasteiger partial charge in [0, 0.05) is 23.4 Å². The van der Waals surface area contributed by atoms with Gasteiger partial charge >= 0.3 is 0 Å². The smallest absolute Gasteiger partial charge is 0.246 e. The first kappa shape index (κ1) is 24.0. The van der Waals surface area contributed by atoms with Crippen LogP contribution in [0.4, 0.5) is 0 Å². The molecule has 2 aromatic carbocycles. The summed E-state index contributed by atoms with van der Waals surface area (Å²) in [5, 5.41) is 8.65. The van der Waals surface area contributed by atoms with E-state index < -0.39 is 6.04 Å². The molecule has 1 aliphatic heterocycles. The van der Waals surface area contributed by atoms with Gasteiger partial charge in [0.1, 0.15) is 11.0 Å². The van der Waals surface area contributed by atoms with Crippen molar-refractivity contribution in [2.24, 2.45) is 11.8 Å². The first-order chi connectivity index (χ1) is 17.0. The van der Waals surface area contributed by atoms with Crippen LogP contribution in [-0.2, 0) is 9.59 Å². The number of likely N-dealkylation sites (tertiary alicyclic amines) is 1. The fraction of sp³-hybridized carbons (Fsp3) is 0.483. The molecule has 1 saturated heterocycles. The van der Waals surface area contributed by atoms with E-state index in [4.69, 9.17) is 4.98 Å². The van der Waals surface area contributed by atoms with E-state index in [1.807, 2.05) is 18.7 Å². The maximum atomic E-state index is 13.9. The quantitative estimate of drug-likeness (QED) is 0.439. The summed E-state index contributed by atoms with van der Waals surface area (Å²) < 4.78 is 0. The molecule has 2 heterocycles. The zero-order valence-electron chi connectivity index (χ0n) is 20.7. The highest BCUT2D eigenvalue weighted by Crippen LogP contribution is 2.38. The van der Waals surface area contributed by atoms with Crippen LogP contribution in [0.1, 0.15) is 69.8 Å². The zero-order chi connectivity index (χ0) is 24.4. The van der Waals surface area contributed by atoms with Crippen LogP contribution in [0, 0.1) is 11.8 Å². The lowest BCUT2D eigenvalue weighted by atomic mass is 9.83. The number of aromatic nitrogens is 1. The van der Waals surface area contributed by atoms with E-state index in [0.29, 0.717) is 0 Å². The minimum Gasteiger partial charge on any atom is -0.344 e. The third-order valence-electron chi connectivity index (χ3n) is 7.62. The Labute approximate surface area is 211 Å². The number of benzene rings is 2. The minimum absolute atomic E-state index is 0.0155. The lowest BCUT2D eigenvalue weighted by Gasteiger charge is -2.35. The second-order valence-corrected chi connectivity index (χ2v) is 11.2. The lowest BCUT2D eigenvalue weighted by molar-refractivity contribution is -0.140. The maximum Gasteiger partial charge on any atom is 0.246 e. The van der Waals surface area contributed by atoms with Gasteiger partial charge in [0.25, 0.3) is 0 Å². The number of rotatable bonds is 6. The molecule has 6 heteroatoms. The molecule has 2 atom stereocenters. The number of hydrogen-bond donors (Lipinski definition) is 1. The summed E-state index contributed by atoms with van der Waals surface area (Å²) in [4.78, 5) is 33.6. The van der Waals surface area contributed by atoms with E-state index in [0.717, 1.165) is 61.3 Å². The van der Waals surface area contributed by atoms with Crippen LogP contribution in [0.3, 0.4) is 0 Å². The number of fused-ring (bicyclic) bond motifs is 1. The molecule has 1 saturated carbocycles. The fourth-order valence-corrected chi connectivity index (χ4v) is 6.61. The first-order valence-electron chi connectivity index (χ1n) is 13.1. The van der Waals surface area contributed by atoms with Crippen LogP contribution in [0.15, 0.2) is 47.8 Å². The Balaban J connectivity index is 1.40. The molecule has 5 rings (SSSR count). The highest BCUT2D eigenvalue weighted by molar-refractivity contribution is 7.10. The van der Waals surface area contributed by atoms with Gasteiger partial charge in [0.15, 0.2) is 0 Å². The van der Waals surface area contributed by atoms with Crippen molar-refractivity contribution in [1.29, 1.82) is 0 Å². The largest absolute Gasteiger partial charge is 0.344 e. The van der Waals surface area contributed by atoms with Crippen molar-refractivity contribution in [2.75, 3.05) is 6.54 Å². The molecule has 1 N–H and O–H groups in total. The Bertz CT molecular complexity index is 1190. The Morgan fingerprint density at radius 3 is 2.57 bits per heavy atom. The summed E-state index contributed by atoms with van der Waals surface area (Å²) in [6, 6.07) is 14.3. The molecule has 2 fully saturated rings. The predicted molar refractivity (Wildman–Crippen MR) is 142 cm³/mol. The van der Waals surface area contributed by atoms with Gasteiger partial charge in [-0.25, -0.2) is 4.98 Å². The molecule has 184 valence electrons. The molecular weight excluding hydrogens is 454 g/mol. The molecule has 2 aliphatic rings. The molecular formula is C29H35N3O2S. The van der Waals surface area contributed by atoms with Crippen molar-refractivity contribution in [2.45, 2.75) is 70.9 Å². The highest BCUT2D eigenvalue weighted by Gasteiger charge is 2.39. The molecule has 0 radical (unpaired) electrons. The second kappa shape index (κ2) is 10.5. The number of carbonyl (C=O) groups is 2. The van der Waals surface area contributed by atoms with Gasteiger partial charge in [0.2, 0.25) is 11.8 Å². The standard InChI is InChI=1S/C29H35N3O2S/c1-19(2)27(33)31-26(21-11-4-3-5-12-21)29(34)32-17-9-16-25(32)28-30-24(18-35-28)23-15-8-13-20-10-6-7-14-22(20)23/h6-8,10,13-15,18-19,21,25-26H,3-5,9,11-12,16-17H2,1-2H3,(H,31,33)/t25-,26-/m0/s1. The predicted octanol–water partition coefficient (Wildman–Crippen LogP) is 6.35. The molecule has 1 aromatic heterocycles. The van der Waals surface area contributed by atoms with Crippen LogP contribution in [0.25, 0.3) is 22.0 Å². The van der Waals surface area contributed by atoms with Gasteiger partial charge < -0.3 is 10.2 Å². The summed E-state index contributed by atoms with van der Waals surface area (Å²) in [5.74, 6) is 0.140. The maximum absolute atomic E-state index is 13.9. The molecule has 1 aliphatic carbocycles. The number of carbonyl (C=O) groups excluding carboxylic acids is 2. The lowest BCUT2D eigenvalue weighted by Crippen LogP contribution is -2.53. The van der Waals surface area contributed by atoms with Crippen molar-refractivity contribution in [3.63, 3.8) is 0 Å². The normalized spacial score (nSPS) is 19.9. The van der Waals surface area contributed by atoms with Crippen LogP contribution >= 0.6 is 11.3 Å². The zero-order valence-corrected chi connectivity index (χ0v) is 21.5. The third-order valence-corrected chi connectivity index (χ3v) is 8.56. The van der Waals surface area contributed by atoms with Gasteiger partial charge in [0.05, 0.1) is 11.7 Å². The molecule has 35 heavy (non-hydrogen) atoms. The molecule has 0 unspecified atom stereocenters. The van der Waals surface area contributed by atoms with Crippen LogP contribution in [0.2, 0.25) is 0 Å². The SMILES string of the molecule is CC(C)C(=O)N[C@H](C(=O)N1CCC[C@H]1c1nc(-c2cccc3ccccc23)cs1)C1CCCCC1. The first-order valence-corrected chi connectivity index (χ1v) is 14.0. The summed E-state index contributed by atoms with van der Waals surface area (Å²) in [5.41, 5.74) is 2.10. The van der Waals surface area contributed by atoms with Crippen LogP contribution < -0.4 is 5.32 Å². The van der Waals surface area contributed by atoms with E-state index >= 15 is 0 Å². The number of thiazole rings is 1. The summed E-state index contributed by atoms with van der Waals surface area (Å²) >= 11 is 1.65. The van der Waals surface area contributed by atoms with E-state index in [2.05, 4.69) is 53.2 Å². The Morgan fingerprint density at radius 2 is 1.77 bits per heavy atom. The number of nitrogens with one attached hydrogen (secondary N) is 1. The minimum atomic E-state index is -0.428. The van der Waals surface area contributed by atoms with Crippen molar-refractivity contribution < 1.29 is 9.59 Å². The van der Waals surface area contributed by atoms with Crippen LogP contribution in [-0.4, -0.2) is 34.3 Å². The van der Waals surface area contributed by atoms with Crippen molar-refractivity contribution in [1.82, 2.24) is 15.2 Å². The number of nitrogens with zero attached hydrogens (tertiary/aromatic N) is 2. The number of amides is 2. The molecule has 3 aromatic rings. The number of hydrogen-bond acceptors (Lipinski definition) is 4. The Hall–Kier alpha value is -2.73. The molecule has 0 spiro atoms. The molecule has 0 bridgehead atoms. The fourth-order valence-electron chi connectivity index (χ4n) is 5.65. The summed E-state index contributed by atoms with van der Waals surface area (Å²) in [6.07, 6.45) is 7.40. The molecule has 5 nitrogen and oxygen atoms in total. The van der Waals surface area contributed by atoms with Gasteiger partial charge in [-0.05, 0) is 42.4 Å². The highest BCUT2D eigenvalue weighted by atomic mass is 32.1. The Kier molecular flexibility index (Phi) is 7.19. The van der Waals surface area contributed by atoms with Gasteiger partial charge in [-0.2, -0.15) is 0 Å². The van der Waals surface area contributed by atoms with Crippen molar-refractivity contribution >= 4 is 33.9 Å².